The Labute approximate surface area is 118 Å². The Kier molecular flexibility index (Phi) is 5.49. The van der Waals surface area contributed by atoms with E-state index < -0.39 is 0 Å². The van der Waals surface area contributed by atoms with Crippen molar-refractivity contribution in [3.63, 3.8) is 0 Å². The van der Waals surface area contributed by atoms with Crippen molar-refractivity contribution < 1.29 is 18.7 Å². The summed E-state index contributed by atoms with van der Waals surface area (Å²) in [6.45, 7) is 3.74. The van der Waals surface area contributed by atoms with Crippen molar-refractivity contribution >= 4 is 5.97 Å². The first-order chi connectivity index (χ1) is 9.72. The van der Waals surface area contributed by atoms with Crippen LogP contribution in [0.2, 0.25) is 0 Å². The first-order valence-corrected chi connectivity index (χ1v) is 6.93. The maximum atomic E-state index is 13.4. The van der Waals surface area contributed by atoms with Gasteiger partial charge in [-0.15, -0.1) is 0 Å². The van der Waals surface area contributed by atoms with Crippen molar-refractivity contribution in [2.45, 2.75) is 26.0 Å². The molecule has 0 bridgehead atoms. The molecular formula is C15H20FNO3. The molecule has 2 rings (SSSR count). The average Bonchev–Trinajstić information content (AvgIpc) is 2.92. The van der Waals surface area contributed by atoms with E-state index in [1.54, 1.807) is 18.2 Å². The fraction of sp³-hybridized carbons (Fsp3) is 0.533. The van der Waals surface area contributed by atoms with Crippen molar-refractivity contribution in [2.75, 3.05) is 19.8 Å². The molecule has 20 heavy (non-hydrogen) atoms. The van der Waals surface area contributed by atoms with Gasteiger partial charge >= 0.3 is 5.97 Å². The van der Waals surface area contributed by atoms with Gasteiger partial charge in [0.25, 0.3) is 0 Å². The summed E-state index contributed by atoms with van der Waals surface area (Å²) in [5, 5.41) is 3.27. The molecule has 1 aliphatic rings. The highest BCUT2D eigenvalue weighted by molar-refractivity contribution is 5.73. The monoisotopic (exact) mass is 281 g/mol. The van der Waals surface area contributed by atoms with Crippen molar-refractivity contribution in [2.24, 2.45) is 5.92 Å². The highest BCUT2D eigenvalue weighted by Crippen LogP contribution is 2.17. The van der Waals surface area contributed by atoms with E-state index in [0.29, 0.717) is 18.8 Å². The summed E-state index contributed by atoms with van der Waals surface area (Å²) in [6, 6.07) is 6.28. The fourth-order valence-electron chi connectivity index (χ4n) is 2.19. The van der Waals surface area contributed by atoms with Crippen molar-refractivity contribution in [3.05, 3.63) is 35.6 Å². The third kappa shape index (κ3) is 3.77. The first kappa shape index (κ1) is 14.9. The molecule has 0 radical (unpaired) electrons. The molecule has 1 N–H and O–H groups in total. The van der Waals surface area contributed by atoms with Gasteiger partial charge in [-0.1, -0.05) is 25.1 Å². The quantitative estimate of drug-likeness (QED) is 0.809. The zero-order valence-electron chi connectivity index (χ0n) is 11.6. The van der Waals surface area contributed by atoms with Crippen LogP contribution in [0, 0.1) is 11.7 Å². The molecule has 2 atom stereocenters. The van der Waals surface area contributed by atoms with E-state index in [2.05, 4.69) is 12.2 Å². The lowest BCUT2D eigenvalue weighted by molar-refractivity contribution is -0.150. The molecule has 1 fully saturated rings. The molecule has 1 saturated heterocycles. The minimum atomic E-state index is -0.358. The lowest BCUT2D eigenvalue weighted by atomic mass is 10.0. The van der Waals surface area contributed by atoms with Gasteiger partial charge in [0, 0.05) is 11.6 Å². The fourth-order valence-corrected chi connectivity index (χ4v) is 2.19. The summed E-state index contributed by atoms with van der Waals surface area (Å²) in [7, 11) is 0. The van der Waals surface area contributed by atoms with Gasteiger partial charge in [-0.25, -0.2) is 4.39 Å². The van der Waals surface area contributed by atoms with Crippen molar-refractivity contribution in [1.29, 1.82) is 0 Å². The van der Waals surface area contributed by atoms with Gasteiger partial charge in [0.2, 0.25) is 0 Å². The molecule has 0 aliphatic carbocycles. The topological polar surface area (TPSA) is 47.6 Å². The highest BCUT2D eigenvalue weighted by atomic mass is 19.1. The highest BCUT2D eigenvalue weighted by Gasteiger charge is 2.34. The van der Waals surface area contributed by atoms with E-state index in [0.717, 1.165) is 13.0 Å². The summed E-state index contributed by atoms with van der Waals surface area (Å²) in [5.74, 6) is -1.00. The zero-order chi connectivity index (χ0) is 14.4. The Balaban J connectivity index is 1.86. The van der Waals surface area contributed by atoms with Crippen LogP contribution >= 0.6 is 0 Å². The SMILES string of the molecule is CCCNC1COCC1C(=O)OCc1ccccc1F. The lowest BCUT2D eigenvalue weighted by Crippen LogP contribution is -2.40. The van der Waals surface area contributed by atoms with E-state index >= 15 is 0 Å². The van der Waals surface area contributed by atoms with Gasteiger partial charge in [-0.2, -0.15) is 0 Å². The van der Waals surface area contributed by atoms with Crippen molar-refractivity contribution in [1.82, 2.24) is 5.32 Å². The Bertz CT molecular complexity index is 452. The molecule has 1 aromatic rings. The second-order valence-corrected chi connectivity index (χ2v) is 4.90. The van der Waals surface area contributed by atoms with Crippen LogP contribution in [-0.4, -0.2) is 31.8 Å². The molecule has 1 aromatic carbocycles. The Hall–Kier alpha value is -1.46. The zero-order valence-corrected chi connectivity index (χ0v) is 11.6. The molecule has 1 heterocycles. The molecule has 110 valence electrons. The van der Waals surface area contributed by atoms with E-state index in [4.69, 9.17) is 9.47 Å². The summed E-state index contributed by atoms with van der Waals surface area (Å²) >= 11 is 0. The molecular weight excluding hydrogens is 261 g/mol. The van der Waals surface area contributed by atoms with Crippen LogP contribution in [0.5, 0.6) is 0 Å². The molecule has 4 nitrogen and oxygen atoms in total. The molecule has 0 spiro atoms. The number of benzene rings is 1. The van der Waals surface area contributed by atoms with E-state index in [1.165, 1.54) is 6.07 Å². The average molecular weight is 281 g/mol. The van der Waals surface area contributed by atoms with E-state index in [9.17, 15) is 9.18 Å². The van der Waals surface area contributed by atoms with Crippen LogP contribution in [0.4, 0.5) is 4.39 Å². The molecule has 0 amide bonds. The number of carbonyl (C=O) groups is 1. The van der Waals surface area contributed by atoms with Crippen LogP contribution in [0.15, 0.2) is 24.3 Å². The van der Waals surface area contributed by atoms with Gasteiger partial charge in [0.05, 0.1) is 19.1 Å². The second kappa shape index (κ2) is 7.36. The van der Waals surface area contributed by atoms with Crippen LogP contribution < -0.4 is 5.32 Å². The molecule has 2 unspecified atom stereocenters. The van der Waals surface area contributed by atoms with E-state index in [-0.39, 0.29) is 30.4 Å². The van der Waals surface area contributed by atoms with Gasteiger partial charge in [-0.3, -0.25) is 4.79 Å². The summed E-state index contributed by atoms with van der Waals surface area (Å²) in [4.78, 5) is 12.0. The third-order valence-corrected chi connectivity index (χ3v) is 3.37. The third-order valence-electron chi connectivity index (χ3n) is 3.37. The second-order valence-electron chi connectivity index (χ2n) is 4.90. The van der Waals surface area contributed by atoms with Crippen molar-refractivity contribution in [3.8, 4) is 0 Å². The van der Waals surface area contributed by atoms with E-state index in [1.807, 2.05) is 0 Å². The summed E-state index contributed by atoms with van der Waals surface area (Å²) < 4.78 is 24.0. The van der Waals surface area contributed by atoms with Gasteiger partial charge < -0.3 is 14.8 Å². The number of nitrogens with one attached hydrogen (secondary N) is 1. The standard InChI is InChI=1S/C15H20FNO3/c1-2-7-17-14-10-19-9-12(14)15(18)20-8-11-5-3-4-6-13(11)16/h3-6,12,14,17H,2,7-10H2,1H3. The Morgan fingerprint density at radius 1 is 1.45 bits per heavy atom. The summed E-state index contributed by atoms with van der Waals surface area (Å²) in [6.07, 6.45) is 0.994. The number of ether oxygens (including phenoxy) is 2. The summed E-state index contributed by atoms with van der Waals surface area (Å²) in [5.41, 5.74) is 0.387. The normalized spacial score (nSPS) is 21.9. The largest absolute Gasteiger partial charge is 0.460 e. The van der Waals surface area contributed by atoms with Gasteiger partial charge in [0.1, 0.15) is 12.4 Å². The Morgan fingerprint density at radius 3 is 3.00 bits per heavy atom. The number of rotatable bonds is 6. The number of halogens is 1. The maximum absolute atomic E-state index is 13.4. The predicted octanol–water partition coefficient (Wildman–Crippen LogP) is 1.88. The smallest absolute Gasteiger partial charge is 0.313 e. The van der Waals surface area contributed by atoms with Crippen LogP contribution in [-0.2, 0) is 20.9 Å². The molecule has 0 saturated carbocycles. The van der Waals surface area contributed by atoms with Crippen LogP contribution in [0.25, 0.3) is 0 Å². The minimum absolute atomic E-state index is 0.0110. The van der Waals surface area contributed by atoms with Crippen LogP contribution in [0.3, 0.4) is 0 Å². The number of hydrogen-bond acceptors (Lipinski definition) is 4. The van der Waals surface area contributed by atoms with Gasteiger partial charge in [0.15, 0.2) is 0 Å². The number of carbonyl (C=O) groups excluding carboxylic acids is 1. The molecule has 0 aromatic heterocycles. The predicted molar refractivity (Wildman–Crippen MR) is 72.6 cm³/mol. The number of esters is 1. The first-order valence-electron chi connectivity index (χ1n) is 6.93. The van der Waals surface area contributed by atoms with Crippen LogP contribution in [0.1, 0.15) is 18.9 Å². The maximum Gasteiger partial charge on any atom is 0.313 e. The Morgan fingerprint density at radius 2 is 2.25 bits per heavy atom. The van der Waals surface area contributed by atoms with Gasteiger partial charge in [-0.05, 0) is 19.0 Å². The number of hydrogen-bond donors (Lipinski definition) is 1. The lowest BCUT2D eigenvalue weighted by Gasteiger charge is -2.17. The molecule has 1 aliphatic heterocycles. The molecule has 5 heteroatoms. The minimum Gasteiger partial charge on any atom is -0.460 e.